The molecule has 2 rings (SSSR count). The molecule has 1 atom stereocenters. The minimum absolute atomic E-state index is 0.330. The predicted molar refractivity (Wildman–Crippen MR) is 46.8 cm³/mol. The lowest BCUT2D eigenvalue weighted by Crippen LogP contribution is -2.01. The van der Waals surface area contributed by atoms with Crippen molar-refractivity contribution in [1.82, 2.24) is 4.98 Å². The Bertz CT molecular complexity index is 272. The number of aryl methyl sites for hydroxylation is 1. The first-order valence-electron chi connectivity index (χ1n) is 4.50. The Morgan fingerprint density at radius 3 is 3.25 bits per heavy atom. The Morgan fingerprint density at radius 1 is 1.42 bits per heavy atom. The van der Waals surface area contributed by atoms with Gasteiger partial charge in [-0.1, -0.05) is 12.5 Å². The molecule has 1 aliphatic rings. The summed E-state index contributed by atoms with van der Waals surface area (Å²) in [7, 11) is 0. The van der Waals surface area contributed by atoms with Crippen molar-refractivity contribution in [3.8, 4) is 0 Å². The van der Waals surface area contributed by atoms with Gasteiger partial charge in [-0.05, 0) is 30.9 Å². The number of hydrogen-bond donors (Lipinski definition) is 1. The van der Waals surface area contributed by atoms with Gasteiger partial charge in [0.1, 0.15) is 0 Å². The van der Waals surface area contributed by atoms with E-state index in [0.29, 0.717) is 0 Å². The summed E-state index contributed by atoms with van der Waals surface area (Å²) in [5.41, 5.74) is 2.12. The largest absolute Gasteiger partial charge is 0.387 e. The fourth-order valence-electron chi connectivity index (χ4n) is 1.75. The number of hydrogen-bond acceptors (Lipinski definition) is 2. The molecule has 0 bridgehead atoms. The van der Waals surface area contributed by atoms with E-state index in [-0.39, 0.29) is 6.10 Å². The molecule has 0 unspecified atom stereocenters. The number of aromatic nitrogens is 1. The van der Waals surface area contributed by atoms with E-state index in [2.05, 4.69) is 11.1 Å². The molecule has 0 aromatic carbocycles. The summed E-state index contributed by atoms with van der Waals surface area (Å²) in [6.45, 7) is 0. The maximum absolute atomic E-state index is 9.68. The maximum atomic E-state index is 9.68. The molecule has 0 saturated heterocycles. The van der Waals surface area contributed by atoms with E-state index in [1.807, 2.05) is 6.07 Å². The summed E-state index contributed by atoms with van der Waals surface area (Å²) in [4.78, 5) is 4.21. The second-order valence-electron chi connectivity index (χ2n) is 3.31. The number of aliphatic hydroxyl groups excluding tert-OH is 1. The Hall–Kier alpha value is -0.890. The summed E-state index contributed by atoms with van der Waals surface area (Å²) >= 11 is 0. The molecule has 64 valence electrons. The van der Waals surface area contributed by atoms with Crippen LogP contribution in [0.4, 0.5) is 0 Å². The van der Waals surface area contributed by atoms with Gasteiger partial charge in [0.15, 0.2) is 0 Å². The molecule has 1 N–H and O–H groups in total. The highest BCUT2D eigenvalue weighted by Crippen LogP contribution is 2.25. The quantitative estimate of drug-likeness (QED) is 0.592. The standard InChI is InChI=1S/C10H13NO/c12-9-6-2-1-4-8-5-3-7-11-10(8)9/h3,5,7,9,12H,1-2,4,6H2/t9-/m1/s1. The van der Waals surface area contributed by atoms with Crippen LogP contribution in [0.2, 0.25) is 0 Å². The monoisotopic (exact) mass is 163 g/mol. The van der Waals surface area contributed by atoms with E-state index >= 15 is 0 Å². The number of pyridine rings is 1. The van der Waals surface area contributed by atoms with Gasteiger partial charge in [-0.3, -0.25) is 4.98 Å². The van der Waals surface area contributed by atoms with Crippen LogP contribution in [-0.2, 0) is 6.42 Å². The topological polar surface area (TPSA) is 33.1 Å². The van der Waals surface area contributed by atoms with Crippen LogP contribution in [0.1, 0.15) is 36.6 Å². The van der Waals surface area contributed by atoms with Gasteiger partial charge in [0.25, 0.3) is 0 Å². The van der Waals surface area contributed by atoms with Gasteiger partial charge in [0.05, 0.1) is 11.8 Å². The van der Waals surface area contributed by atoms with Crippen LogP contribution in [0.15, 0.2) is 18.3 Å². The van der Waals surface area contributed by atoms with Crippen molar-refractivity contribution in [3.05, 3.63) is 29.6 Å². The Morgan fingerprint density at radius 2 is 2.33 bits per heavy atom. The highest BCUT2D eigenvalue weighted by molar-refractivity contribution is 5.22. The van der Waals surface area contributed by atoms with Crippen LogP contribution in [0.3, 0.4) is 0 Å². The number of nitrogens with zero attached hydrogens (tertiary/aromatic N) is 1. The van der Waals surface area contributed by atoms with Crippen molar-refractivity contribution < 1.29 is 5.11 Å². The molecule has 0 saturated carbocycles. The molecule has 0 radical (unpaired) electrons. The molecule has 0 spiro atoms. The van der Waals surface area contributed by atoms with Crippen LogP contribution in [-0.4, -0.2) is 10.1 Å². The summed E-state index contributed by atoms with van der Waals surface area (Å²) < 4.78 is 0. The molecule has 2 nitrogen and oxygen atoms in total. The van der Waals surface area contributed by atoms with E-state index in [1.165, 1.54) is 12.0 Å². The van der Waals surface area contributed by atoms with Gasteiger partial charge >= 0.3 is 0 Å². The third-order valence-electron chi connectivity index (χ3n) is 2.42. The molecule has 0 aliphatic heterocycles. The van der Waals surface area contributed by atoms with Crippen molar-refractivity contribution >= 4 is 0 Å². The van der Waals surface area contributed by atoms with E-state index in [9.17, 15) is 5.11 Å². The van der Waals surface area contributed by atoms with Gasteiger partial charge in [0.2, 0.25) is 0 Å². The predicted octanol–water partition coefficient (Wildman–Crippen LogP) is 1.84. The van der Waals surface area contributed by atoms with Gasteiger partial charge in [-0.2, -0.15) is 0 Å². The van der Waals surface area contributed by atoms with Crippen molar-refractivity contribution in [1.29, 1.82) is 0 Å². The molecule has 2 heteroatoms. The molecular weight excluding hydrogens is 150 g/mol. The average molecular weight is 163 g/mol. The second-order valence-corrected chi connectivity index (χ2v) is 3.31. The first kappa shape index (κ1) is 7.74. The molecule has 12 heavy (non-hydrogen) atoms. The van der Waals surface area contributed by atoms with Crippen LogP contribution in [0.5, 0.6) is 0 Å². The third kappa shape index (κ3) is 1.34. The lowest BCUT2D eigenvalue weighted by molar-refractivity contribution is 0.162. The Kier molecular flexibility index (Phi) is 2.09. The van der Waals surface area contributed by atoms with Gasteiger partial charge in [0, 0.05) is 6.20 Å². The smallest absolute Gasteiger partial charge is 0.0962 e. The van der Waals surface area contributed by atoms with E-state index in [4.69, 9.17) is 0 Å². The van der Waals surface area contributed by atoms with Crippen molar-refractivity contribution in [2.45, 2.75) is 31.8 Å². The van der Waals surface area contributed by atoms with Crippen LogP contribution >= 0.6 is 0 Å². The first-order chi connectivity index (χ1) is 5.88. The van der Waals surface area contributed by atoms with E-state index < -0.39 is 0 Å². The molecule has 1 aromatic rings. The zero-order valence-corrected chi connectivity index (χ0v) is 7.03. The van der Waals surface area contributed by atoms with Crippen LogP contribution in [0, 0.1) is 0 Å². The minimum Gasteiger partial charge on any atom is -0.387 e. The second kappa shape index (κ2) is 3.23. The van der Waals surface area contributed by atoms with Crippen LogP contribution < -0.4 is 0 Å². The van der Waals surface area contributed by atoms with E-state index in [1.54, 1.807) is 6.20 Å². The van der Waals surface area contributed by atoms with Crippen molar-refractivity contribution in [2.24, 2.45) is 0 Å². The summed E-state index contributed by atoms with van der Waals surface area (Å²) in [5.74, 6) is 0. The lowest BCUT2D eigenvalue weighted by Gasteiger charge is -2.08. The summed E-state index contributed by atoms with van der Waals surface area (Å²) in [5, 5.41) is 9.68. The fourth-order valence-corrected chi connectivity index (χ4v) is 1.75. The molecule has 1 heterocycles. The average Bonchev–Trinajstić information content (AvgIpc) is 2.29. The lowest BCUT2D eigenvalue weighted by atomic mass is 10.1. The summed E-state index contributed by atoms with van der Waals surface area (Å²) in [6.07, 6.45) is 5.65. The van der Waals surface area contributed by atoms with Crippen LogP contribution in [0.25, 0.3) is 0 Å². The Labute approximate surface area is 72.3 Å². The van der Waals surface area contributed by atoms with Gasteiger partial charge in [-0.15, -0.1) is 0 Å². The zero-order valence-electron chi connectivity index (χ0n) is 7.03. The number of fused-ring (bicyclic) bond motifs is 1. The third-order valence-corrected chi connectivity index (χ3v) is 2.42. The minimum atomic E-state index is -0.330. The zero-order chi connectivity index (χ0) is 8.39. The first-order valence-corrected chi connectivity index (χ1v) is 4.50. The normalized spacial score (nSPS) is 22.9. The molecule has 0 amide bonds. The fraction of sp³-hybridized carbons (Fsp3) is 0.500. The highest BCUT2D eigenvalue weighted by atomic mass is 16.3. The summed E-state index contributed by atoms with van der Waals surface area (Å²) in [6, 6.07) is 4.01. The molecule has 1 aromatic heterocycles. The number of aliphatic hydroxyl groups is 1. The molecule has 1 aliphatic carbocycles. The molecule has 0 fully saturated rings. The van der Waals surface area contributed by atoms with E-state index in [0.717, 1.165) is 25.0 Å². The Balaban J connectivity index is 2.39. The van der Waals surface area contributed by atoms with Gasteiger partial charge < -0.3 is 5.11 Å². The SMILES string of the molecule is O[C@@H]1CCCCc2cccnc21. The molecular formula is C10H13NO. The maximum Gasteiger partial charge on any atom is 0.0962 e. The number of rotatable bonds is 0. The van der Waals surface area contributed by atoms with Gasteiger partial charge in [-0.25, -0.2) is 0 Å². The van der Waals surface area contributed by atoms with Crippen molar-refractivity contribution in [3.63, 3.8) is 0 Å². The van der Waals surface area contributed by atoms with Crippen molar-refractivity contribution in [2.75, 3.05) is 0 Å². The highest BCUT2D eigenvalue weighted by Gasteiger charge is 2.16.